The lowest BCUT2D eigenvalue weighted by Crippen LogP contribution is -2.17. The molecule has 0 saturated heterocycles. The van der Waals surface area contributed by atoms with Gasteiger partial charge in [0.1, 0.15) is 0 Å². The highest BCUT2D eigenvalue weighted by Crippen LogP contribution is 2.21. The molecule has 0 saturated carbocycles. The molecule has 4 heteroatoms. The van der Waals surface area contributed by atoms with Crippen LogP contribution in [0.1, 0.15) is 30.6 Å². The van der Waals surface area contributed by atoms with Crippen LogP contribution in [0, 0.1) is 0 Å². The number of halogens is 1. The van der Waals surface area contributed by atoms with Gasteiger partial charge in [0.2, 0.25) is 0 Å². The quantitative estimate of drug-likeness (QED) is 0.902. The van der Waals surface area contributed by atoms with Crippen LogP contribution < -0.4 is 10.6 Å². The Morgan fingerprint density at radius 2 is 2.00 bits per heavy atom. The highest BCUT2D eigenvalue weighted by Gasteiger charge is 2.08. The van der Waals surface area contributed by atoms with Gasteiger partial charge in [0.15, 0.2) is 0 Å². The van der Waals surface area contributed by atoms with Gasteiger partial charge in [-0.05, 0) is 30.2 Å². The van der Waals surface area contributed by atoms with Crippen molar-refractivity contribution in [2.45, 2.75) is 25.9 Å². The topological polar surface area (TPSA) is 42.1 Å². The zero-order chi connectivity index (χ0) is 14.5. The van der Waals surface area contributed by atoms with E-state index in [1.165, 1.54) is 5.56 Å². The van der Waals surface area contributed by atoms with Crippen LogP contribution in [-0.4, -0.2) is 12.0 Å². The number of nitrogens with zero attached hydrogens (tertiary/aromatic N) is 2. The molecule has 1 atom stereocenters. The normalized spacial score (nSPS) is 12.2. The summed E-state index contributed by atoms with van der Waals surface area (Å²) in [6.07, 6.45) is 2.79. The van der Waals surface area contributed by atoms with Crippen LogP contribution in [0.3, 0.4) is 0 Å². The Morgan fingerprint density at radius 3 is 2.60 bits per heavy atom. The predicted molar refractivity (Wildman–Crippen MR) is 87.7 cm³/mol. The van der Waals surface area contributed by atoms with E-state index in [0.717, 1.165) is 28.8 Å². The number of aromatic nitrogens is 1. The molecular formula is C16H20BrN3. The standard InChI is InChI=1S/C16H20BrN3/c1-3-15(18)16-9-8-13(10-19-16)20(2)11-12-6-4-5-7-14(12)17/h4-10,15H,3,11,18H2,1-2H3. The molecule has 106 valence electrons. The molecule has 0 spiro atoms. The smallest absolute Gasteiger partial charge is 0.0572 e. The average Bonchev–Trinajstić information content (AvgIpc) is 2.49. The molecule has 1 aromatic heterocycles. The number of pyridine rings is 1. The Balaban J connectivity index is 2.10. The van der Waals surface area contributed by atoms with E-state index in [4.69, 9.17) is 5.73 Å². The summed E-state index contributed by atoms with van der Waals surface area (Å²) in [6.45, 7) is 2.90. The van der Waals surface area contributed by atoms with E-state index in [1.54, 1.807) is 0 Å². The molecule has 0 aliphatic carbocycles. The van der Waals surface area contributed by atoms with Gasteiger partial charge in [-0.3, -0.25) is 4.98 Å². The zero-order valence-electron chi connectivity index (χ0n) is 11.9. The Morgan fingerprint density at radius 1 is 1.25 bits per heavy atom. The van der Waals surface area contributed by atoms with Gasteiger partial charge >= 0.3 is 0 Å². The monoisotopic (exact) mass is 333 g/mol. The van der Waals surface area contributed by atoms with Crippen LogP contribution >= 0.6 is 15.9 Å². The van der Waals surface area contributed by atoms with E-state index in [-0.39, 0.29) is 6.04 Å². The van der Waals surface area contributed by atoms with Gasteiger partial charge in [-0.2, -0.15) is 0 Å². The van der Waals surface area contributed by atoms with Crippen LogP contribution in [0.5, 0.6) is 0 Å². The van der Waals surface area contributed by atoms with Gasteiger partial charge in [0.05, 0.1) is 17.6 Å². The highest BCUT2D eigenvalue weighted by atomic mass is 79.9. The van der Waals surface area contributed by atoms with E-state index in [0.29, 0.717) is 0 Å². The van der Waals surface area contributed by atoms with Crippen LogP contribution in [-0.2, 0) is 6.54 Å². The average molecular weight is 334 g/mol. The van der Waals surface area contributed by atoms with Gasteiger partial charge in [0, 0.05) is 24.1 Å². The molecule has 0 bridgehead atoms. The minimum Gasteiger partial charge on any atom is -0.369 e. The molecule has 0 aliphatic rings. The predicted octanol–water partition coefficient (Wildman–Crippen LogP) is 3.89. The minimum absolute atomic E-state index is 0.0256. The second-order valence-corrected chi connectivity index (χ2v) is 5.76. The maximum Gasteiger partial charge on any atom is 0.0572 e. The third-order valence-corrected chi connectivity index (χ3v) is 4.17. The lowest BCUT2D eigenvalue weighted by molar-refractivity contribution is 0.675. The van der Waals surface area contributed by atoms with Gasteiger partial charge < -0.3 is 10.6 Å². The summed E-state index contributed by atoms with van der Waals surface area (Å²) in [5, 5.41) is 0. The lowest BCUT2D eigenvalue weighted by Gasteiger charge is -2.20. The number of benzene rings is 1. The Hall–Kier alpha value is -1.39. The Kier molecular flexibility index (Phi) is 5.15. The molecule has 2 rings (SSSR count). The Labute approximate surface area is 129 Å². The maximum atomic E-state index is 5.98. The van der Waals surface area contributed by atoms with Crippen molar-refractivity contribution < 1.29 is 0 Å². The molecule has 0 fully saturated rings. The van der Waals surface area contributed by atoms with Crippen LogP contribution in [0.4, 0.5) is 5.69 Å². The first-order chi connectivity index (χ1) is 9.61. The number of hydrogen-bond donors (Lipinski definition) is 1. The third-order valence-electron chi connectivity index (χ3n) is 3.40. The summed E-state index contributed by atoms with van der Waals surface area (Å²) in [5.41, 5.74) is 9.28. The fraction of sp³-hybridized carbons (Fsp3) is 0.312. The van der Waals surface area contributed by atoms with Crippen LogP contribution in [0.2, 0.25) is 0 Å². The van der Waals surface area contributed by atoms with Crippen LogP contribution in [0.15, 0.2) is 47.1 Å². The molecule has 1 aromatic carbocycles. The second-order valence-electron chi connectivity index (χ2n) is 4.90. The molecule has 0 amide bonds. The van der Waals surface area contributed by atoms with Crippen molar-refractivity contribution >= 4 is 21.6 Å². The summed E-state index contributed by atoms with van der Waals surface area (Å²) >= 11 is 3.58. The number of rotatable bonds is 5. The van der Waals surface area contributed by atoms with Crippen molar-refractivity contribution in [2.24, 2.45) is 5.73 Å². The molecule has 1 heterocycles. The molecule has 3 nitrogen and oxygen atoms in total. The second kappa shape index (κ2) is 6.86. The summed E-state index contributed by atoms with van der Waals surface area (Å²) in [6, 6.07) is 12.4. The zero-order valence-corrected chi connectivity index (χ0v) is 13.5. The van der Waals surface area contributed by atoms with Crippen molar-refractivity contribution in [2.75, 3.05) is 11.9 Å². The van der Waals surface area contributed by atoms with Gasteiger partial charge in [0.25, 0.3) is 0 Å². The van der Waals surface area contributed by atoms with E-state index >= 15 is 0 Å². The van der Waals surface area contributed by atoms with Crippen molar-refractivity contribution in [1.82, 2.24) is 4.98 Å². The first-order valence-electron chi connectivity index (χ1n) is 6.78. The molecule has 2 N–H and O–H groups in total. The van der Waals surface area contributed by atoms with Gasteiger partial charge in [-0.1, -0.05) is 41.1 Å². The molecule has 0 aliphatic heterocycles. The Bertz CT molecular complexity index is 554. The number of anilines is 1. The summed E-state index contributed by atoms with van der Waals surface area (Å²) in [7, 11) is 2.07. The fourth-order valence-electron chi connectivity index (χ4n) is 2.03. The van der Waals surface area contributed by atoms with Crippen molar-refractivity contribution in [3.8, 4) is 0 Å². The van der Waals surface area contributed by atoms with Crippen LogP contribution in [0.25, 0.3) is 0 Å². The molecule has 20 heavy (non-hydrogen) atoms. The molecule has 1 unspecified atom stereocenters. The van der Waals surface area contributed by atoms with E-state index in [9.17, 15) is 0 Å². The fourth-order valence-corrected chi connectivity index (χ4v) is 2.44. The van der Waals surface area contributed by atoms with E-state index < -0.39 is 0 Å². The minimum atomic E-state index is 0.0256. The van der Waals surface area contributed by atoms with Crippen molar-refractivity contribution in [3.05, 3.63) is 58.3 Å². The SMILES string of the molecule is CCC(N)c1ccc(N(C)Cc2ccccc2Br)cn1. The summed E-state index contributed by atoms with van der Waals surface area (Å²) in [5.74, 6) is 0. The first kappa shape index (κ1) is 15.0. The lowest BCUT2D eigenvalue weighted by atomic mass is 10.1. The van der Waals surface area contributed by atoms with Gasteiger partial charge in [-0.25, -0.2) is 0 Å². The maximum absolute atomic E-state index is 5.98. The largest absolute Gasteiger partial charge is 0.369 e. The first-order valence-corrected chi connectivity index (χ1v) is 7.57. The molecule has 0 radical (unpaired) electrons. The third kappa shape index (κ3) is 3.58. The summed E-state index contributed by atoms with van der Waals surface area (Å²) in [4.78, 5) is 6.63. The molecule has 2 aromatic rings. The van der Waals surface area contributed by atoms with Crippen molar-refractivity contribution in [3.63, 3.8) is 0 Å². The summed E-state index contributed by atoms with van der Waals surface area (Å²) < 4.78 is 1.13. The van der Waals surface area contributed by atoms with E-state index in [1.807, 2.05) is 18.3 Å². The highest BCUT2D eigenvalue weighted by molar-refractivity contribution is 9.10. The molecular weight excluding hydrogens is 314 g/mol. The van der Waals surface area contributed by atoms with Crippen molar-refractivity contribution in [1.29, 1.82) is 0 Å². The van der Waals surface area contributed by atoms with Gasteiger partial charge in [-0.15, -0.1) is 0 Å². The number of nitrogens with two attached hydrogens (primary N) is 1. The number of hydrogen-bond acceptors (Lipinski definition) is 3. The van der Waals surface area contributed by atoms with E-state index in [2.05, 4.69) is 64.1 Å².